The van der Waals surface area contributed by atoms with Gasteiger partial charge in [0.25, 0.3) is 0 Å². The van der Waals surface area contributed by atoms with Crippen molar-refractivity contribution in [2.45, 2.75) is 26.2 Å². The van der Waals surface area contributed by atoms with Gasteiger partial charge in [0, 0.05) is 19.7 Å². The van der Waals surface area contributed by atoms with Gasteiger partial charge in [-0.1, -0.05) is 0 Å². The monoisotopic (exact) mass is 224 g/mol. The third-order valence-electron chi connectivity index (χ3n) is 2.06. The van der Waals surface area contributed by atoms with E-state index in [1.165, 1.54) is 0 Å². The first kappa shape index (κ1) is 12.4. The molecule has 0 saturated carbocycles. The lowest BCUT2D eigenvalue weighted by Gasteiger charge is -2.00. The zero-order valence-electron chi connectivity index (χ0n) is 9.60. The minimum absolute atomic E-state index is 0.00625. The molecule has 0 spiro atoms. The molecule has 0 amide bonds. The number of rotatable bonds is 6. The fourth-order valence-electron chi connectivity index (χ4n) is 1.32. The third kappa shape index (κ3) is 4.25. The molecule has 0 saturated heterocycles. The van der Waals surface area contributed by atoms with Gasteiger partial charge in [0.15, 0.2) is 0 Å². The second-order valence-corrected chi connectivity index (χ2v) is 3.50. The smallest absolute Gasteiger partial charge is 0.306 e. The molecule has 0 aliphatic carbocycles. The minimum Gasteiger partial charge on any atom is -0.466 e. The average molecular weight is 224 g/mol. The lowest BCUT2D eigenvalue weighted by atomic mass is 10.1. The van der Waals surface area contributed by atoms with Crippen LogP contribution in [0.1, 0.15) is 25.5 Å². The minimum atomic E-state index is -0.322. The van der Waals surface area contributed by atoms with E-state index < -0.39 is 0 Å². The molecule has 0 aliphatic rings. The van der Waals surface area contributed by atoms with Gasteiger partial charge < -0.3 is 4.74 Å². The second kappa shape index (κ2) is 6.05. The van der Waals surface area contributed by atoms with E-state index in [0.29, 0.717) is 6.61 Å². The van der Waals surface area contributed by atoms with E-state index in [2.05, 4.69) is 5.10 Å². The number of aromatic nitrogens is 2. The van der Waals surface area contributed by atoms with E-state index in [4.69, 9.17) is 4.74 Å². The summed E-state index contributed by atoms with van der Waals surface area (Å²) in [6.45, 7) is 2.10. The molecule has 1 aromatic heterocycles. The van der Waals surface area contributed by atoms with Crippen LogP contribution in [-0.2, 0) is 27.8 Å². The zero-order chi connectivity index (χ0) is 12.0. The molecule has 1 aromatic rings. The van der Waals surface area contributed by atoms with Crippen molar-refractivity contribution in [3.63, 3.8) is 0 Å². The van der Waals surface area contributed by atoms with Crippen LogP contribution in [0.3, 0.4) is 0 Å². The van der Waals surface area contributed by atoms with Crippen molar-refractivity contribution in [3.8, 4) is 0 Å². The maximum Gasteiger partial charge on any atom is 0.306 e. The molecule has 0 aliphatic heterocycles. The molecule has 5 nitrogen and oxygen atoms in total. The summed E-state index contributed by atoms with van der Waals surface area (Å²) < 4.78 is 6.38. The standard InChI is InChI=1S/C11H16N2O3/c1-3-16-11(15)5-4-10(14)8-9-6-7-13(2)12-9/h6-7H,3-5,8H2,1-2H3. The maximum absolute atomic E-state index is 11.5. The molecule has 1 heterocycles. The topological polar surface area (TPSA) is 61.2 Å². The summed E-state index contributed by atoms with van der Waals surface area (Å²) in [5.74, 6) is -0.316. The predicted octanol–water partition coefficient (Wildman–Crippen LogP) is 0.875. The van der Waals surface area contributed by atoms with Crippen LogP contribution in [-0.4, -0.2) is 28.1 Å². The summed E-state index contributed by atoms with van der Waals surface area (Å²) in [5, 5.41) is 4.09. The van der Waals surface area contributed by atoms with Crippen molar-refractivity contribution in [1.82, 2.24) is 9.78 Å². The van der Waals surface area contributed by atoms with Crippen LogP contribution in [0.15, 0.2) is 12.3 Å². The second-order valence-electron chi connectivity index (χ2n) is 3.50. The molecule has 0 fully saturated rings. The summed E-state index contributed by atoms with van der Waals surface area (Å²) in [6.07, 6.45) is 2.43. The number of nitrogens with zero attached hydrogens (tertiary/aromatic N) is 2. The first-order valence-corrected chi connectivity index (χ1v) is 5.27. The first-order valence-electron chi connectivity index (χ1n) is 5.27. The van der Waals surface area contributed by atoms with Gasteiger partial charge >= 0.3 is 5.97 Å². The maximum atomic E-state index is 11.5. The highest BCUT2D eigenvalue weighted by atomic mass is 16.5. The predicted molar refractivity (Wildman–Crippen MR) is 57.8 cm³/mol. The summed E-state index contributed by atoms with van der Waals surface area (Å²) >= 11 is 0. The number of ketones is 1. The van der Waals surface area contributed by atoms with E-state index >= 15 is 0 Å². The van der Waals surface area contributed by atoms with Gasteiger partial charge in [0.1, 0.15) is 5.78 Å². The van der Waals surface area contributed by atoms with Crippen LogP contribution in [0.25, 0.3) is 0 Å². The zero-order valence-corrected chi connectivity index (χ0v) is 9.60. The molecule has 0 aromatic carbocycles. The highest BCUT2D eigenvalue weighted by Crippen LogP contribution is 2.01. The molecular formula is C11H16N2O3. The summed E-state index contributed by atoms with van der Waals surface area (Å²) in [5.41, 5.74) is 0.733. The Morgan fingerprint density at radius 3 is 2.75 bits per heavy atom. The van der Waals surface area contributed by atoms with Crippen LogP contribution in [0.2, 0.25) is 0 Å². The quantitative estimate of drug-likeness (QED) is 0.673. The molecule has 0 unspecified atom stereocenters. The normalized spacial score (nSPS) is 10.1. The average Bonchev–Trinajstić information content (AvgIpc) is 2.61. The SMILES string of the molecule is CCOC(=O)CCC(=O)Cc1ccn(C)n1. The van der Waals surface area contributed by atoms with Gasteiger partial charge in [-0.15, -0.1) is 0 Å². The number of hydrogen-bond acceptors (Lipinski definition) is 4. The van der Waals surface area contributed by atoms with E-state index in [9.17, 15) is 9.59 Å². The Morgan fingerprint density at radius 1 is 1.44 bits per heavy atom. The fraction of sp³-hybridized carbons (Fsp3) is 0.545. The highest BCUT2D eigenvalue weighted by Gasteiger charge is 2.09. The van der Waals surface area contributed by atoms with Crippen molar-refractivity contribution < 1.29 is 14.3 Å². The van der Waals surface area contributed by atoms with Crippen LogP contribution in [0, 0.1) is 0 Å². The van der Waals surface area contributed by atoms with Crippen molar-refractivity contribution >= 4 is 11.8 Å². The fourth-order valence-corrected chi connectivity index (χ4v) is 1.32. The van der Waals surface area contributed by atoms with E-state index in [1.807, 2.05) is 0 Å². The Labute approximate surface area is 94.4 Å². The number of ether oxygens (including phenoxy) is 1. The van der Waals surface area contributed by atoms with Crippen LogP contribution < -0.4 is 0 Å². The van der Waals surface area contributed by atoms with E-state index in [1.54, 1.807) is 30.9 Å². The number of Topliss-reactive ketones (excluding diaryl/α,β-unsaturated/α-hetero) is 1. The van der Waals surface area contributed by atoms with E-state index in [-0.39, 0.29) is 31.0 Å². The Balaban J connectivity index is 2.28. The number of hydrogen-bond donors (Lipinski definition) is 0. The molecule has 88 valence electrons. The van der Waals surface area contributed by atoms with Gasteiger partial charge in [0.2, 0.25) is 0 Å². The molecular weight excluding hydrogens is 208 g/mol. The largest absolute Gasteiger partial charge is 0.466 e. The Kier molecular flexibility index (Phi) is 4.69. The number of aryl methyl sites for hydroxylation is 1. The number of carbonyl (C=O) groups is 2. The molecule has 16 heavy (non-hydrogen) atoms. The first-order chi connectivity index (χ1) is 7.61. The summed E-state index contributed by atoms with van der Waals surface area (Å²) in [4.78, 5) is 22.5. The number of esters is 1. The lowest BCUT2D eigenvalue weighted by molar-refractivity contribution is -0.144. The lowest BCUT2D eigenvalue weighted by Crippen LogP contribution is -2.09. The van der Waals surface area contributed by atoms with Crippen LogP contribution in [0.4, 0.5) is 0 Å². The van der Waals surface area contributed by atoms with Gasteiger partial charge in [-0.3, -0.25) is 14.3 Å². The summed E-state index contributed by atoms with van der Waals surface area (Å²) in [7, 11) is 1.80. The Bertz CT molecular complexity index is 371. The molecule has 0 atom stereocenters. The van der Waals surface area contributed by atoms with Crippen LogP contribution >= 0.6 is 0 Å². The van der Waals surface area contributed by atoms with Crippen molar-refractivity contribution in [1.29, 1.82) is 0 Å². The van der Waals surface area contributed by atoms with Crippen molar-refractivity contribution in [2.24, 2.45) is 7.05 Å². The van der Waals surface area contributed by atoms with Gasteiger partial charge in [-0.25, -0.2) is 0 Å². The molecule has 1 rings (SSSR count). The summed E-state index contributed by atoms with van der Waals surface area (Å²) in [6, 6.07) is 1.79. The van der Waals surface area contributed by atoms with Crippen molar-refractivity contribution in [2.75, 3.05) is 6.61 Å². The molecule has 0 radical (unpaired) electrons. The van der Waals surface area contributed by atoms with Gasteiger partial charge in [-0.05, 0) is 13.0 Å². The third-order valence-corrected chi connectivity index (χ3v) is 2.06. The van der Waals surface area contributed by atoms with Crippen molar-refractivity contribution in [3.05, 3.63) is 18.0 Å². The molecule has 0 N–H and O–H groups in total. The van der Waals surface area contributed by atoms with E-state index in [0.717, 1.165) is 5.69 Å². The molecule has 5 heteroatoms. The number of carbonyl (C=O) groups excluding carboxylic acids is 2. The highest BCUT2D eigenvalue weighted by molar-refractivity contribution is 5.84. The molecule has 0 bridgehead atoms. The van der Waals surface area contributed by atoms with Crippen LogP contribution in [0.5, 0.6) is 0 Å². The van der Waals surface area contributed by atoms with Gasteiger partial charge in [-0.2, -0.15) is 5.10 Å². The Hall–Kier alpha value is -1.65. The van der Waals surface area contributed by atoms with Gasteiger partial charge in [0.05, 0.1) is 25.1 Å². The Morgan fingerprint density at radius 2 is 2.19 bits per heavy atom.